The van der Waals surface area contributed by atoms with E-state index in [1.54, 1.807) is 6.33 Å². The SMILES string of the molecule is COC(=O)N[C@H](C(=O)N1CCCC1c1ncc(-c2ccc(-c3ccc4ncnc(Nc5ccc(N6CCOCC6)cc5)c4c3)cc2)[nH]1)C(C)C. The average molecular weight is 675 g/mol. The van der Waals surface area contributed by atoms with E-state index in [1.807, 2.05) is 31.0 Å². The van der Waals surface area contributed by atoms with Crippen molar-refractivity contribution in [3.05, 3.63) is 85.1 Å². The number of imidazole rings is 1. The zero-order valence-corrected chi connectivity index (χ0v) is 28.6. The largest absolute Gasteiger partial charge is 0.453 e. The number of amides is 2. The van der Waals surface area contributed by atoms with E-state index in [9.17, 15) is 9.59 Å². The summed E-state index contributed by atoms with van der Waals surface area (Å²) in [6, 6.07) is 22.1. The highest BCUT2D eigenvalue weighted by Gasteiger charge is 2.37. The number of likely N-dealkylation sites (tertiary alicyclic amines) is 1. The lowest BCUT2D eigenvalue weighted by atomic mass is 10.0. The monoisotopic (exact) mass is 674 g/mol. The fourth-order valence-corrected chi connectivity index (χ4v) is 6.74. The molecular formula is C38H42N8O4. The number of anilines is 3. The Labute approximate surface area is 291 Å². The molecule has 2 aromatic heterocycles. The van der Waals surface area contributed by atoms with Crippen LogP contribution >= 0.6 is 0 Å². The number of methoxy groups -OCH3 is 1. The second kappa shape index (κ2) is 14.6. The first-order valence-electron chi connectivity index (χ1n) is 17.1. The van der Waals surface area contributed by atoms with Crippen LogP contribution in [0.3, 0.4) is 0 Å². The van der Waals surface area contributed by atoms with Gasteiger partial charge in [0.25, 0.3) is 0 Å². The minimum absolute atomic E-state index is 0.0929. The van der Waals surface area contributed by atoms with Crippen molar-refractivity contribution in [2.75, 3.05) is 50.2 Å². The number of hydrogen-bond acceptors (Lipinski definition) is 9. The minimum atomic E-state index is -0.675. The van der Waals surface area contributed by atoms with Crippen LogP contribution in [0.15, 0.2) is 79.3 Å². The van der Waals surface area contributed by atoms with Gasteiger partial charge >= 0.3 is 6.09 Å². The van der Waals surface area contributed by atoms with Gasteiger partial charge < -0.3 is 34.9 Å². The number of aromatic nitrogens is 4. The van der Waals surface area contributed by atoms with Crippen LogP contribution in [-0.2, 0) is 14.3 Å². The Kier molecular flexibility index (Phi) is 9.61. The molecule has 0 saturated carbocycles. The number of morpholine rings is 1. The first kappa shape index (κ1) is 33.0. The summed E-state index contributed by atoms with van der Waals surface area (Å²) in [5, 5.41) is 7.12. The molecule has 2 amide bonds. The molecule has 2 atom stereocenters. The molecule has 2 fully saturated rings. The zero-order chi connectivity index (χ0) is 34.6. The number of hydrogen-bond donors (Lipinski definition) is 3. The highest BCUT2D eigenvalue weighted by Crippen LogP contribution is 2.34. The summed E-state index contributed by atoms with van der Waals surface area (Å²) in [4.78, 5) is 46.8. The van der Waals surface area contributed by atoms with Gasteiger partial charge in [-0.1, -0.05) is 44.2 Å². The second-order valence-corrected chi connectivity index (χ2v) is 13.0. The number of rotatable bonds is 9. The van der Waals surface area contributed by atoms with E-state index >= 15 is 0 Å². The second-order valence-electron chi connectivity index (χ2n) is 13.0. The summed E-state index contributed by atoms with van der Waals surface area (Å²) in [5.74, 6) is 1.26. The number of fused-ring (bicyclic) bond motifs is 1. The van der Waals surface area contributed by atoms with Crippen LogP contribution in [0.2, 0.25) is 0 Å². The normalized spacial score (nSPS) is 16.8. The van der Waals surface area contributed by atoms with Crippen molar-refractivity contribution in [2.45, 2.75) is 38.8 Å². The molecule has 4 heterocycles. The highest BCUT2D eigenvalue weighted by molar-refractivity contribution is 5.94. The summed E-state index contributed by atoms with van der Waals surface area (Å²) in [5.41, 5.74) is 6.97. The van der Waals surface area contributed by atoms with Crippen LogP contribution in [0.4, 0.5) is 22.0 Å². The van der Waals surface area contributed by atoms with Gasteiger partial charge in [-0.2, -0.15) is 0 Å². The predicted octanol–water partition coefficient (Wildman–Crippen LogP) is 6.31. The number of nitrogens with one attached hydrogen (secondary N) is 3. The number of nitrogens with zero attached hydrogens (tertiary/aromatic N) is 5. The number of H-pyrrole nitrogens is 1. The molecule has 3 N–H and O–H groups in total. The fraction of sp³-hybridized carbons (Fsp3) is 0.342. The van der Waals surface area contributed by atoms with Gasteiger partial charge in [-0.05, 0) is 71.8 Å². The zero-order valence-electron chi connectivity index (χ0n) is 28.6. The van der Waals surface area contributed by atoms with Crippen molar-refractivity contribution in [3.63, 3.8) is 0 Å². The lowest BCUT2D eigenvalue weighted by Gasteiger charge is -2.30. The van der Waals surface area contributed by atoms with Gasteiger partial charge in [0.15, 0.2) is 0 Å². The molecule has 0 bridgehead atoms. The number of alkyl carbamates (subject to hydrolysis) is 1. The van der Waals surface area contributed by atoms with E-state index in [2.05, 4.69) is 96.1 Å². The van der Waals surface area contributed by atoms with Gasteiger partial charge in [0.2, 0.25) is 5.91 Å². The Morgan fingerprint density at radius 2 is 1.66 bits per heavy atom. The molecule has 12 heteroatoms. The molecule has 0 radical (unpaired) electrons. The third-order valence-electron chi connectivity index (χ3n) is 9.51. The number of carbonyl (C=O) groups is 2. The highest BCUT2D eigenvalue weighted by atomic mass is 16.5. The van der Waals surface area contributed by atoms with Crippen LogP contribution in [0.5, 0.6) is 0 Å². The van der Waals surface area contributed by atoms with Crippen LogP contribution in [0.1, 0.15) is 38.6 Å². The summed E-state index contributed by atoms with van der Waals surface area (Å²) >= 11 is 0. The third kappa shape index (κ3) is 6.97. The van der Waals surface area contributed by atoms with Crippen LogP contribution < -0.4 is 15.5 Å². The summed E-state index contributed by atoms with van der Waals surface area (Å²) in [6.07, 6.45) is 4.44. The molecule has 0 aliphatic carbocycles. The van der Waals surface area contributed by atoms with E-state index in [0.29, 0.717) is 6.54 Å². The minimum Gasteiger partial charge on any atom is -0.453 e. The van der Waals surface area contributed by atoms with Crippen LogP contribution in [-0.4, -0.2) is 82.8 Å². The van der Waals surface area contributed by atoms with Crippen molar-refractivity contribution in [2.24, 2.45) is 5.92 Å². The van der Waals surface area contributed by atoms with Crippen molar-refractivity contribution < 1.29 is 19.1 Å². The predicted molar refractivity (Wildman–Crippen MR) is 193 cm³/mol. The molecule has 50 heavy (non-hydrogen) atoms. The Morgan fingerprint density at radius 1 is 0.920 bits per heavy atom. The molecule has 0 spiro atoms. The standard InChI is InChI=1S/C38H42N8O4/c1-24(2)34(44-38(48)49-3)37(47)46-16-4-5-33(46)36-39-22-32(43-36)26-8-6-25(7-9-26)27-10-15-31-30(21-27)35(41-23-40-31)42-28-11-13-29(14-12-28)45-17-19-50-20-18-45/h6-15,21-24,33-34H,4-5,16-20H2,1-3H3,(H,39,43)(H,44,48)(H,40,41,42)/t33?,34-/m0/s1. The molecule has 12 nitrogen and oxygen atoms in total. The molecule has 2 aliphatic heterocycles. The lowest BCUT2D eigenvalue weighted by molar-refractivity contribution is -0.135. The first-order valence-corrected chi connectivity index (χ1v) is 17.1. The Bertz CT molecular complexity index is 1950. The van der Waals surface area contributed by atoms with Gasteiger partial charge in [0.1, 0.15) is 24.0 Å². The molecule has 2 saturated heterocycles. The first-order chi connectivity index (χ1) is 24.4. The number of aromatic amines is 1. The van der Waals surface area contributed by atoms with E-state index in [4.69, 9.17) is 9.47 Å². The van der Waals surface area contributed by atoms with Gasteiger partial charge in [0.05, 0.1) is 43.8 Å². The van der Waals surface area contributed by atoms with E-state index in [0.717, 1.165) is 89.8 Å². The maximum atomic E-state index is 13.5. The van der Waals surface area contributed by atoms with Gasteiger partial charge in [-0.15, -0.1) is 0 Å². The molecule has 7 rings (SSSR count). The average Bonchev–Trinajstić information content (AvgIpc) is 3.85. The van der Waals surface area contributed by atoms with Gasteiger partial charge in [0, 0.05) is 36.4 Å². The number of ether oxygens (including phenoxy) is 2. The van der Waals surface area contributed by atoms with E-state index in [1.165, 1.54) is 12.8 Å². The summed E-state index contributed by atoms with van der Waals surface area (Å²) in [7, 11) is 1.30. The van der Waals surface area contributed by atoms with Crippen molar-refractivity contribution >= 4 is 40.1 Å². The molecule has 2 aliphatic rings. The van der Waals surface area contributed by atoms with Crippen molar-refractivity contribution in [1.82, 2.24) is 30.2 Å². The Hall–Kier alpha value is -5.49. The molecule has 5 aromatic rings. The quantitative estimate of drug-likeness (QED) is 0.164. The van der Waals surface area contributed by atoms with Crippen LogP contribution in [0, 0.1) is 5.92 Å². The van der Waals surface area contributed by atoms with Gasteiger partial charge in [-0.3, -0.25) is 4.79 Å². The third-order valence-corrected chi connectivity index (χ3v) is 9.51. The number of carbonyl (C=O) groups excluding carboxylic acids is 2. The summed E-state index contributed by atoms with van der Waals surface area (Å²) < 4.78 is 10.2. The van der Waals surface area contributed by atoms with Gasteiger partial charge in [-0.25, -0.2) is 19.7 Å². The van der Waals surface area contributed by atoms with Crippen molar-refractivity contribution in [3.8, 4) is 22.4 Å². The smallest absolute Gasteiger partial charge is 0.407 e. The number of benzene rings is 3. The maximum Gasteiger partial charge on any atom is 0.407 e. The lowest BCUT2D eigenvalue weighted by Crippen LogP contribution is -2.51. The Balaban J connectivity index is 1.06. The van der Waals surface area contributed by atoms with E-state index < -0.39 is 12.1 Å². The maximum absolute atomic E-state index is 13.5. The summed E-state index contributed by atoms with van der Waals surface area (Å²) in [6.45, 7) is 7.73. The topological polar surface area (TPSA) is 138 Å². The molecule has 3 aromatic carbocycles. The fourth-order valence-electron chi connectivity index (χ4n) is 6.74. The van der Waals surface area contributed by atoms with Crippen LogP contribution in [0.25, 0.3) is 33.3 Å². The molecule has 258 valence electrons. The van der Waals surface area contributed by atoms with Crippen molar-refractivity contribution in [1.29, 1.82) is 0 Å². The molecular weight excluding hydrogens is 632 g/mol. The van der Waals surface area contributed by atoms with E-state index in [-0.39, 0.29) is 17.9 Å². The molecule has 1 unspecified atom stereocenters. The Morgan fingerprint density at radius 3 is 2.40 bits per heavy atom.